The maximum absolute atomic E-state index is 12.7. The summed E-state index contributed by atoms with van der Waals surface area (Å²) in [5.41, 5.74) is 3.26. The molecule has 0 saturated heterocycles. The van der Waals surface area contributed by atoms with E-state index in [9.17, 15) is 4.79 Å². The summed E-state index contributed by atoms with van der Waals surface area (Å²) >= 11 is 0. The lowest BCUT2D eigenvalue weighted by Gasteiger charge is -2.20. The van der Waals surface area contributed by atoms with E-state index in [1.165, 1.54) is 5.56 Å². The van der Waals surface area contributed by atoms with Crippen molar-refractivity contribution in [3.8, 4) is 17.1 Å². The summed E-state index contributed by atoms with van der Waals surface area (Å²) in [6, 6.07) is 15.7. The fourth-order valence-corrected chi connectivity index (χ4v) is 3.08. The monoisotopic (exact) mass is 419 g/mol. The molecule has 162 valence electrons. The Bertz CT molecular complexity index is 1030. The summed E-state index contributed by atoms with van der Waals surface area (Å²) in [6.45, 7) is 12.7. The second-order valence-corrected chi connectivity index (χ2v) is 8.51. The summed E-state index contributed by atoms with van der Waals surface area (Å²) in [6.07, 6.45) is 1.66. The van der Waals surface area contributed by atoms with Crippen LogP contribution in [0.5, 0.6) is 5.75 Å². The molecular weight excluding hydrogens is 390 g/mol. The van der Waals surface area contributed by atoms with Crippen LogP contribution in [0.1, 0.15) is 37.8 Å². The SMILES string of the molecule is C=CCN(Cc1nc(-c2cccc(C)c2)no1)C(=O)COc1ccc(C(C)(C)C)cc1. The van der Waals surface area contributed by atoms with Crippen LogP contribution < -0.4 is 4.74 Å². The van der Waals surface area contributed by atoms with Gasteiger partial charge in [-0.3, -0.25) is 4.79 Å². The van der Waals surface area contributed by atoms with E-state index < -0.39 is 0 Å². The van der Waals surface area contributed by atoms with Gasteiger partial charge in [0.1, 0.15) is 12.3 Å². The molecule has 1 aromatic heterocycles. The lowest BCUT2D eigenvalue weighted by atomic mass is 9.87. The zero-order valence-electron chi connectivity index (χ0n) is 18.6. The second-order valence-electron chi connectivity index (χ2n) is 8.51. The molecule has 1 heterocycles. The molecule has 6 heteroatoms. The highest BCUT2D eigenvalue weighted by Gasteiger charge is 2.18. The van der Waals surface area contributed by atoms with Crippen molar-refractivity contribution in [2.24, 2.45) is 0 Å². The maximum atomic E-state index is 12.7. The number of aromatic nitrogens is 2. The lowest BCUT2D eigenvalue weighted by molar-refractivity contribution is -0.133. The first kappa shape index (κ1) is 22.3. The molecule has 0 saturated carbocycles. The topological polar surface area (TPSA) is 68.5 Å². The van der Waals surface area contributed by atoms with Crippen molar-refractivity contribution in [2.75, 3.05) is 13.2 Å². The number of hydrogen-bond donors (Lipinski definition) is 0. The van der Waals surface area contributed by atoms with E-state index in [1.54, 1.807) is 11.0 Å². The van der Waals surface area contributed by atoms with E-state index >= 15 is 0 Å². The molecule has 0 unspecified atom stereocenters. The van der Waals surface area contributed by atoms with Gasteiger partial charge >= 0.3 is 0 Å². The van der Waals surface area contributed by atoms with Gasteiger partial charge in [0.15, 0.2) is 6.61 Å². The molecular formula is C25H29N3O3. The van der Waals surface area contributed by atoms with Crippen LogP contribution in [-0.2, 0) is 16.8 Å². The fourth-order valence-electron chi connectivity index (χ4n) is 3.08. The van der Waals surface area contributed by atoms with Crippen LogP contribution in [-0.4, -0.2) is 34.1 Å². The summed E-state index contributed by atoms with van der Waals surface area (Å²) in [7, 11) is 0. The predicted octanol–water partition coefficient (Wildman–Crippen LogP) is 4.94. The van der Waals surface area contributed by atoms with E-state index in [-0.39, 0.29) is 24.5 Å². The standard InChI is InChI=1S/C25H29N3O3/c1-6-14-28(16-22-26-24(27-31-22)19-9-7-8-18(2)15-19)23(29)17-30-21-12-10-20(11-13-21)25(3,4)5/h6-13,15H,1,14,16-17H2,2-5H3. The molecule has 3 rings (SSSR count). The molecule has 0 bridgehead atoms. The Hall–Kier alpha value is -3.41. The number of carbonyl (C=O) groups is 1. The van der Waals surface area contributed by atoms with Gasteiger partial charge in [0, 0.05) is 12.1 Å². The summed E-state index contributed by atoms with van der Waals surface area (Å²) in [4.78, 5) is 18.7. The van der Waals surface area contributed by atoms with Crippen LogP contribution in [0.25, 0.3) is 11.4 Å². The highest BCUT2D eigenvalue weighted by molar-refractivity contribution is 5.77. The van der Waals surface area contributed by atoms with Gasteiger partial charge in [-0.05, 0) is 36.1 Å². The van der Waals surface area contributed by atoms with Crippen LogP contribution in [0.3, 0.4) is 0 Å². The van der Waals surface area contributed by atoms with E-state index in [4.69, 9.17) is 9.26 Å². The van der Waals surface area contributed by atoms with E-state index in [2.05, 4.69) is 37.5 Å². The quantitative estimate of drug-likeness (QED) is 0.484. The molecule has 0 aliphatic heterocycles. The van der Waals surface area contributed by atoms with Gasteiger partial charge in [0.2, 0.25) is 11.7 Å². The summed E-state index contributed by atoms with van der Waals surface area (Å²) in [5.74, 6) is 1.33. The number of aryl methyl sites for hydroxylation is 1. The van der Waals surface area contributed by atoms with Gasteiger partial charge in [0.05, 0.1) is 0 Å². The minimum Gasteiger partial charge on any atom is -0.484 e. The number of benzene rings is 2. The molecule has 0 radical (unpaired) electrons. The zero-order chi connectivity index (χ0) is 22.4. The van der Waals surface area contributed by atoms with Crippen molar-refractivity contribution < 1.29 is 14.1 Å². The summed E-state index contributed by atoms with van der Waals surface area (Å²) < 4.78 is 11.1. The fraction of sp³-hybridized carbons (Fsp3) is 0.320. The minimum absolute atomic E-state index is 0.0660. The van der Waals surface area contributed by atoms with E-state index in [0.29, 0.717) is 24.0 Å². The number of carbonyl (C=O) groups excluding carboxylic acids is 1. The zero-order valence-corrected chi connectivity index (χ0v) is 18.6. The van der Waals surface area contributed by atoms with Crippen LogP contribution in [0.4, 0.5) is 0 Å². The maximum Gasteiger partial charge on any atom is 0.261 e. The third-order valence-electron chi connectivity index (χ3n) is 4.86. The van der Waals surface area contributed by atoms with Gasteiger partial charge in [0.25, 0.3) is 5.91 Å². The Morgan fingerprint density at radius 1 is 1.19 bits per heavy atom. The lowest BCUT2D eigenvalue weighted by Crippen LogP contribution is -2.34. The molecule has 0 atom stereocenters. The Morgan fingerprint density at radius 3 is 2.58 bits per heavy atom. The van der Waals surface area contributed by atoms with Gasteiger partial charge < -0.3 is 14.2 Å². The van der Waals surface area contributed by atoms with Gasteiger partial charge in [-0.25, -0.2) is 0 Å². The highest BCUT2D eigenvalue weighted by Crippen LogP contribution is 2.24. The average molecular weight is 420 g/mol. The van der Waals surface area contributed by atoms with Crippen LogP contribution >= 0.6 is 0 Å². The number of rotatable bonds is 8. The smallest absolute Gasteiger partial charge is 0.261 e. The number of ether oxygens (including phenoxy) is 1. The molecule has 0 N–H and O–H groups in total. The Balaban J connectivity index is 1.62. The van der Waals surface area contributed by atoms with Gasteiger partial charge in [-0.1, -0.05) is 67.9 Å². The molecule has 31 heavy (non-hydrogen) atoms. The third kappa shape index (κ3) is 6.04. The van der Waals surface area contributed by atoms with Crippen LogP contribution in [0.15, 0.2) is 65.7 Å². The average Bonchev–Trinajstić information content (AvgIpc) is 3.20. The number of nitrogens with zero attached hydrogens (tertiary/aromatic N) is 3. The Labute approximate surface area is 183 Å². The minimum atomic E-state index is -0.185. The highest BCUT2D eigenvalue weighted by atomic mass is 16.5. The van der Waals surface area contributed by atoms with Crippen molar-refractivity contribution >= 4 is 5.91 Å². The molecule has 6 nitrogen and oxygen atoms in total. The Morgan fingerprint density at radius 2 is 1.94 bits per heavy atom. The van der Waals surface area contributed by atoms with E-state index in [1.807, 2.05) is 55.5 Å². The van der Waals surface area contributed by atoms with Crippen molar-refractivity contribution in [3.05, 3.63) is 78.2 Å². The first-order valence-electron chi connectivity index (χ1n) is 10.3. The van der Waals surface area contributed by atoms with Crippen LogP contribution in [0, 0.1) is 6.92 Å². The first-order valence-corrected chi connectivity index (χ1v) is 10.3. The van der Waals surface area contributed by atoms with Crippen molar-refractivity contribution in [1.29, 1.82) is 0 Å². The predicted molar refractivity (Wildman–Crippen MR) is 121 cm³/mol. The third-order valence-corrected chi connectivity index (χ3v) is 4.86. The molecule has 2 aromatic carbocycles. The normalized spacial score (nSPS) is 11.2. The number of amides is 1. The van der Waals surface area contributed by atoms with Crippen LogP contribution in [0.2, 0.25) is 0 Å². The first-order chi connectivity index (χ1) is 14.8. The largest absolute Gasteiger partial charge is 0.484 e. The van der Waals surface area contributed by atoms with E-state index in [0.717, 1.165) is 11.1 Å². The van der Waals surface area contributed by atoms with Crippen molar-refractivity contribution in [1.82, 2.24) is 15.0 Å². The number of hydrogen-bond acceptors (Lipinski definition) is 5. The van der Waals surface area contributed by atoms with Gasteiger partial charge in [-0.2, -0.15) is 4.98 Å². The molecule has 0 spiro atoms. The molecule has 0 fully saturated rings. The van der Waals surface area contributed by atoms with Crippen molar-refractivity contribution in [2.45, 2.75) is 39.7 Å². The van der Waals surface area contributed by atoms with Gasteiger partial charge in [-0.15, -0.1) is 6.58 Å². The molecule has 0 aliphatic rings. The molecule has 0 aliphatic carbocycles. The Kier molecular flexibility index (Phi) is 6.90. The molecule has 1 amide bonds. The molecule has 3 aromatic rings. The van der Waals surface area contributed by atoms with Crippen molar-refractivity contribution in [3.63, 3.8) is 0 Å². The second kappa shape index (κ2) is 9.60. The summed E-state index contributed by atoms with van der Waals surface area (Å²) in [5, 5.41) is 4.04.